The highest BCUT2D eigenvalue weighted by Crippen LogP contribution is 2.17. The molecule has 0 aliphatic rings. The average Bonchev–Trinajstić information content (AvgIpc) is 2.71. The van der Waals surface area contributed by atoms with Crippen molar-refractivity contribution < 1.29 is 5.11 Å². The summed E-state index contributed by atoms with van der Waals surface area (Å²) in [5.41, 5.74) is 1.41. The molecule has 0 saturated carbocycles. The first-order valence-corrected chi connectivity index (χ1v) is 3.94. The first-order chi connectivity index (χ1) is 6.38. The van der Waals surface area contributed by atoms with E-state index in [1.54, 1.807) is 37.1 Å². The summed E-state index contributed by atoms with van der Waals surface area (Å²) < 4.78 is 0. The largest absolute Gasteiger partial charge is 0.382 e. The Morgan fingerprint density at radius 3 is 2.69 bits per heavy atom. The molecule has 2 rings (SSSR count). The molecule has 4 heteroatoms. The summed E-state index contributed by atoms with van der Waals surface area (Å²) >= 11 is 0. The third-order valence-electron chi connectivity index (χ3n) is 1.82. The highest BCUT2D eigenvalue weighted by atomic mass is 16.3. The molecule has 1 atom stereocenters. The van der Waals surface area contributed by atoms with Crippen molar-refractivity contribution in [2.45, 2.75) is 6.10 Å². The van der Waals surface area contributed by atoms with Gasteiger partial charge in [-0.05, 0) is 17.7 Å². The second-order valence-electron chi connectivity index (χ2n) is 2.68. The second-order valence-corrected chi connectivity index (χ2v) is 2.68. The molecule has 0 radical (unpaired) electrons. The maximum atomic E-state index is 9.77. The first-order valence-electron chi connectivity index (χ1n) is 3.94. The van der Waals surface area contributed by atoms with E-state index < -0.39 is 6.10 Å². The van der Waals surface area contributed by atoms with Gasteiger partial charge in [-0.3, -0.25) is 4.98 Å². The molecule has 0 spiro atoms. The van der Waals surface area contributed by atoms with Crippen LogP contribution in [0.5, 0.6) is 0 Å². The van der Waals surface area contributed by atoms with Crippen molar-refractivity contribution in [3.63, 3.8) is 0 Å². The minimum atomic E-state index is -0.672. The number of aliphatic hydroxyl groups excluding tert-OH is 1. The second kappa shape index (κ2) is 3.37. The molecular formula is C9H9N3O. The van der Waals surface area contributed by atoms with Crippen molar-refractivity contribution in [1.29, 1.82) is 0 Å². The van der Waals surface area contributed by atoms with Crippen molar-refractivity contribution in [3.8, 4) is 0 Å². The topological polar surface area (TPSA) is 61.8 Å². The van der Waals surface area contributed by atoms with Crippen molar-refractivity contribution >= 4 is 0 Å². The number of nitrogens with one attached hydrogen (secondary N) is 1. The number of hydrogen-bond donors (Lipinski definition) is 2. The van der Waals surface area contributed by atoms with E-state index in [2.05, 4.69) is 15.0 Å². The lowest BCUT2D eigenvalue weighted by Gasteiger charge is -2.06. The van der Waals surface area contributed by atoms with Gasteiger partial charge in [-0.15, -0.1) is 0 Å². The van der Waals surface area contributed by atoms with Crippen LogP contribution in [-0.2, 0) is 0 Å². The van der Waals surface area contributed by atoms with E-state index in [0.717, 1.165) is 5.56 Å². The monoisotopic (exact) mass is 175 g/mol. The van der Waals surface area contributed by atoms with E-state index >= 15 is 0 Å². The Labute approximate surface area is 75.3 Å². The molecule has 1 unspecified atom stereocenters. The Balaban J connectivity index is 2.29. The fourth-order valence-electron chi connectivity index (χ4n) is 1.14. The zero-order chi connectivity index (χ0) is 9.10. The summed E-state index contributed by atoms with van der Waals surface area (Å²) in [6.45, 7) is 0. The lowest BCUT2D eigenvalue weighted by Crippen LogP contribution is -1.99. The van der Waals surface area contributed by atoms with Gasteiger partial charge in [0.05, 0.1) is 12.0 Å². The van der Waals surface area contributed by atoms with Crippen molar-refractivity contribution in [1.82, 2.24) is 15.0 Å². The third kappa shape index (κ3) is 1.57. The van der Waals surface area contributed by atoms with Gasteiger partial charge in [0.2, 0.25) is 0 Å². The van der Waals surface area contributed by atoms with E-state index in [1.807, 2.05) is 0 Å². The Kier molecular flexibility index (Phi) is 2.06. The molecule has 0 aromatic carbocycles. The van der Waals surface area contributed by atoms with E-state index in [9.17, 15) is 5.11 Å². The molecule has 2 heterocycles. The number of rotatable bonds is 2. The van der Waals surface area contributed by atoms with Crippen LogP contribution < -0.4 is 0 Å². The Morgan fingerprint density at radius 1 is 1.31 bits per heavy atom. The van der Waals surface area contributed by atoms with E-state index in [1.165, 1.54) is 0 Å². The summed E-state index contributed by atoms with van der Waals surface area (Å²) in [6.07, 6.45) is 5.83. The van der Waals surface area contributed by atoms with Gasteiger partial charge in [-0.2, -0.15) is 0 Å². The Morgan fingerprint density at radius 2 is 2.08 bits per heavy atom. The number of aromatic nitrogens is 3. The minimum absolute atomic E-state index is 0.617. The molecule has 0 amide bonds. The maximum absolute atomic E-state index is 9.77. The van der Waals surface area contributed by atoms with E-state index in [0.29, 0.717) is 5.69 Å². The highest BCUT2D eigenvalue weighted by Gasteiger charge is 2.10. The smallest absolute Gasteiger partial charge is 0.123 e. The van der Waals surface area contributed by atoms with Gasteiger partial charge >= 0.3 is 0 Å². The van der Waals surface area contributed by atoms with Crippen LogP contribution in [-0.4, -0.2) is 20.1 Å². The normalized spacial score (nSPS) is 12.7. The van der Waals surface area contributed by atoms with Gasteiger partial charge in [-0.1, -0.05) is 0 Å². The molecule has 0 fully saturated rings. The number of hydrogen-bond acceptors (Lipinski definition) is 3. The van der Waals surface area contributed by atoms with Gasteiger partial charge in [0.15, 0.2) is 0 Å². The third-order valence-corrected chi connectivity index (χ3v) is 1.82. The number of H-pyrrole nitrogens is 1. The fourth-order valence-corrected chi connectivity index (χ4v) is 1.14. The standard InChI is InChI=1S/C9H9N3O/c13-9(8-5-11-6-12-8)7-1-3-10-4-2-7/h1-6,9,13H,(H,11,12). The SMILES string of the molecule is OC(c1ccncc1)c1c[nH]cn1. The summed E-state index contributed by atoms with van der Waals surface area (Å²) in [7, 11) is 0. The van der Waals surface area contributed by atoms with Gasteiger partial charge < -0.3 is 10.1 Å². The van der Waals surface area contributed by atoms with Gasteiger partial charge in [0.1, 0.15) is 6.10 Å². The predicted molar refractivity (Wildman–Crippen MR) is 46.9 cm³/mol. The molecule has 66 valence electrons. The van der Waals surface area contributed by atoms with Crippen molar-refractivity contribution in [2.75, 3.05) is 0 Å². The summed E-state index contributed by atoms with van der Waals surface area (Å²) in [5, 5.41) is 9.77. The predicted octanol–water partition coefficient (Wildman–Crippen LogP) is 0.886. The van der Waals surface area contributed by atoms with Gasteiger partial charge in [0.25, 0.3) is 0 Å². The fraction of sp³-hybridized carbons (Fsp3) is 0.111. The summed E-state index contributed by atoms with van der Waals surface area (Å²) in [4.78, 5) is 10.6. The van der Waals surface area contributed by atoms with Crippen LogP contribution in [0.2, 0.25) is 0 Å². The molecule has 0 aliphatic heterocycles. The van der Waals surface area contributed by atoms with Crippen LogP contribution in [0, 0.1) is 0 Å². The molecule has 0 aliphatic carbocycles. The number of pyridine rings is 1. The van der Waals surface area contributed by atoms with Crippen molar-refractivity contribution in [2.24, 2.45) is 0 Å². The zero-order valence-electron chi connectivity index (χ0n) is 6.88. The lowest BCUT2D eigenvalue weighted by molar-refractivity contribution is 0.216. The maximum Gasteiger partial charge on any atom is 0.123 e. The zero-order valence-corrected chi connectivity index (χ0v) is 6.88. The van der Waals surface area contributed by atoms with E-state index in [-0.39, 0.29) is 0 Å². The number of nitrogens with zero attached hydrogens (tertiary/aromatic N) is 2. The van der Waals surface area contributed by atoms with Crippen LogP contribution in [0.25, 0.3) is 0 Å². The molecule has 2 N–H and O–H groups in total. The van der Waals surface area contributed by atoms with Gasteiger partial charge in [0, 0.05) is 18.6 Å². The number of aromatic amines is 1. The highest BCUT2D eigenvalue weighted by molar-refractivity contribution is 5.21. The van der Waals surface area contributed by atoms with Crippen LogP contribution >= 0.6 is 0 Å². The number of imidazole rings is 1. The molecule has 0 bridgehead atoms. The number of aliphatic hydroxyl groups is 1. The van der Waals surface area contributed by atoms with Crippen LogP contribution in [0.1, 0.15) is 17.4 Å². The van der Waals surface area contributed by atoms with E-state index in [4.69, 9.17) is 0 Å². The Hall–Kier alpha value is -1.68. The summed E-state index contributed by atoms with van der Waals surface area (Å²) in [5.74, 6) is 0. The quantitative estimate of drug-likeness (QED) is 0.712. The molecule has 13 heavy (non-hydrogen) atoms. The average molecular weight is 175 g/mol. The minimum Gasteiger partial charge on any atom is -0.382 e. The lowest BCUT2D eigenvalue weighted by atomic mass is 10.1. The van der Waals surface area contributed by atoms with Crippen LogP contribution in [0.15, 0.2) is 37.1 Å². The van der Waals surface area contributed by atoms with Crippen molar-refractivity contribution in [3.05, 3.63) is 48.3 Å². The Bertz CT molecular complexity index is 358. The molecule has 2 aromatic heterocycles. The van der Waals surface area contributed by atoms with Crippen LogP contribution in [0.3, 0.4) is 0 Å². The molecule has 2 aromatic rings. The van der Waals surface area contributed by atoms with Crippen LogP contribution in [0.4, 0.5) is 0 Å². The first kappa shape index (κ1) is 7.94. The molecule has 0 saturated heterocycles. The molecular weight excluding hydrogens is 166 g/mol. The summed E-state index contributed by atoms with van der Waals surface area (Å²) in [6, 6.07) is 3.53. The van der Waals surface area contributed by atoms with Gasteiger partial charge in [-0.25, -0.2) is 4.98 Å². The molecule has 4 nitrogen and oxygen atoms in total.